The minimum atomic E-state index is -0.547. The van der Waals surface area contributed by atoms with Crippen molar-refractivity contribution in [2.75, 3.05) is 18.0 Å². The second-order valence-corrected chi connectivity index (χ2v) is 11.7. The molecule has 9 nitrogen and oxygen atoms in total. The van der Waals surface area contributed by atoms with Crippen LogP contribution in [0, 0.1) is 31.0 Å². The van der Waals surface area contributed by atoms with Crippen LogP contribution < -0.4 is 10.6 Å². The number of hydrogen-bond donors (Lipinski definition) is 0. The van der Waals surface area contributed by atoms with Gasteiger partial charge in [-0.25, -0.2) is 18.7 Å². The Balaban J connectivity index is 1.67. The molecule has 3 aliphatic heterocycles. The van der Waals surface area contributed by atoms with Gasteiger partial charge in [-0.1, -0.05) is 32.1 Å². The fraction of sp³-hybridized carbons (Fsp3) is 0.333. The summed E-state index contributed by atoms with van der Waals surface area (Å²) in [6, 6.07) is 10.2. The summed E-state index contributed by atoms with van der Waals surface area (Å²) < 4.78 is 16.7. The molecule has 1 amide bonds. The van der Waals surface area contributed by atoms with Crippen molar-refractivity contribution in [2.24, 2.45) is 0 Å². The third-order valence-electron chi connectivity index (χ3n) is 8.53. The van der Waals surface area contributed by atoms with E-state index in [1.54, 1.807) is 24.4 Å². The van der Waals surface area contributed by atoms with Crippen molar-refractivity contribution in [1.82, 2.24) is 24.4 Å². The first-order valence-electron chi connectivity index (χ1n) is 14.4. The Morgan fingerprint density at radius 3 is 2.58 bits per heavy atom. The first-order valence-corrected chi connectivity index (χ1v) is 14.4. The van der Waals surface area contributed by atoms with Crippen LogP contribution >= 0.6 is 0 Å². The Morgan fingerprint density at radius 2 is 1.91 bits per heavy atom. The monoisotopic (exact) mass is 577 g/mol. The number of rotatable bonds is 5. The van der Waals surface area contributed by atoms with Gasteiger partial charge in [-0.3, -0.25) is 9.78 Å². The molecule has 2 bridgehead atoms. The minimum Gasteiger partial charge on any atom is -0.349 e. The summed E-state index contributed by atoms with van der Waals surface area (Å²) in [7, 11) is 0. The van der Waals surface area contributed by atoms with Crippen LogP contribution in [0.15, 0.2) is 54.0 Å². The molecule has 3 aromatic heterocycles. The van der Waals surface area contributed by atoms with Gasteiger partial charge >= 0.3 is 5.69 Å². The van der Waals surface area contributed by atoms with Gasteiger partial charge in [0.25, 0.3) is 0 Å². The quantitative estimate of drug-likeness (QED) is 0.309. The summed E-state index contributed by atoms with van der Waals surface area (Å²) >= 11 is 0. The zero-order valence-electron chi connectivity index (χ0n) is 24.6. The van der Waals surface area contributed by atoms with Crippen LogP contribution in [-0.4, -0.2) is 55.5 Å². The molecule has 43 heavy (non-hydrogen) atoms. The number of fused-ring (bicyclic) bond motifs is 4. The van der Waals surface area contributed by atoms with Crippen LogP contribution in [0.1, 0.15) is 55.0 Å². The van der Waals surface area contributed by atoms with E-state index in [4.69, 9.17) is 4.98 Å². The highest BCUT2D eigenvalue weighted by Gasteiger charge is 2.42. The smallest absolute Gasteiger partial charge is 0.349 e. The van der Waals surface area contributed by atoms with Gasteiger partial charge in [-0.15, -0.1) is 0 Å². The Hall–Kier alpha value is -4.91. The topological polar surface area (TPSA) is 108 Å². The standard InChI is InChI=1S/C33H32FN7O2/c1-6-27(42)39-16-23-9-8-22(39)17-40(23)31-25-14-21(15-35)29(24-13-19(4)7-10-26(24)34)37-32(25)41(33(43)38-31)30-20(5)11-12-36-28(30)18(2)3/h6-7,10-14,18,22-23H,1,8-9,16-17H2,2-5H3. The van der Waals surface area contributed by atoms with Crippen LogP contribution in [0.5, 0.6) is 0 Å². The predicted molar refractivity (Wildman–Crippen MR) is 163 cm³/mol. The molecule has 10 heteroatoms. The summed E-state index contributed by atoms with van der Waals surface area (Å²) in [5.41, 5.74) is 3.10. The summed E-state index contributed by atoms with van der Waals surface area (Å²) in [6.45, 7) is 12.3. The molecule has 6 heterocycles. The van der Waals surface area contributed by atoms with Crippen LogP contribution in [0.2, 0.25) is 0 Å². The molecule has 3 aliphatic rings. The number of aryl methyl sites for hydroxylation is 2. The second-order valence-electron chi connectivity index (χ2n) is 11.7. The summed E-state index contributed by atoms with van der Waals surface area (Å²) in [6.07, 6.45) is 4.69. The van der Waals surface area contributed by atoms with Crippen LogP contribution in [0.25, 0.3) is 28.0 Å². The van der Waals surface area contributed by atoms with E-state index >= 15 is 4.39 Å². The molecule has 1 aromatic carbocycles. The number of benzene rings is 1. The number of amides is 1. The zero-order chi connectivity index (χ0) is 30.6. The van der Waals surface area contributed by atoms with Gasteiger partial charge < -0.3 is 9.80 Å². The number of hydrogen-bond acceptors (Lipinski definition) is 7. The van der Waals surface area contributed by atoms with Gasteiger partial charge in [0, 0.05) is 36.9 Å². The Labute approximate surface area is 248 Å². The number of aromatic nitrogens is 4. The van der Waals surface area contributed by atoms with Crippen molar-refractivity contribution in [2.45, 2.75) is 58.5 Å². The number of carbonyl (C=O) groups excluding carboxylic acids is 1. The average Bonchev–Trinajstić information content (AvgIpc) is 3.01. The van der Waals surface area contributed by atoms with Crippen molar-refractivity contribution in [3.8, 4) is 23.0 Å². The normalized spacial score (nSPS) is 17.9. The lowest BCUT2D eigenvalue weighted by molar-refractivity contribution is -0.131. The van der Waals surface area contributed by atoms with Gasteiger partial charge in [-0.05, 0) is 68.5 Å². The lowest BCUT2D eigenvalue weighted by Crippen LogP contribution is -2.64. The first-order chi connectivity index (χ1) is 20.6. The molecular weight excluding hydrogens is 545 g/mol. The Kier molecular flexibility index (Phi) is 7.04. The highest BCUT2D eigenvalue weighted by molar-refractivity contribution is 5.93. The van der Waals surface area contributed by atoms with Crippen molar-refractivity contribution in [1.29, 1.82) is 5.26 Å². The van der Waals surface area contributed by atoms with Crippen molar-refractivity contribution < 1.29 is 9.18 Å². The summed E-state index contributed by atoms with van der Waals surface area (Å²) in [4.78, 5) is 44.6. The second kappa shape index (κ2) is 10.7. The highest BCUT2D eigenvalue weighted by atomic mass is 19.1. The van der Waals surface area contributed by atoms with Gasteiger partial charge in [0.2, 0.25) is 5.91 Å². The number of piperazine rings is 1. The average molecular weight is 578 g/mol. The van der Waals surface area contributed by atoms with E-state index in [1.165, 1.54) is 16.7 Å². The maximum absolute atomic E-state index is 15.2. The number of nitrogens with zero attached hydrogens (tertiary/aromatic N) is 7. The minimum absolute atomic E-state index is 0.0187. The number of anilines is 1. The van der Waals surface area contributed by atoms with Gasteiger partial charge in [0.05, 0.1) is 28.0 Å². The van der Waals surface area contributed by atoms with E-state index in [0.29, 0.717) is 35.7 Å². The van der Waals surface area contributed by atoms with Gasteiger partial charge in [0.1, 0.15) is 17.7 Å². The molecule has 2 atom stereocenters. The molecule has 3 saturated heterocycles. The molecule has 0 N–H and O–H groups in total. The predicted octanol–water partition coefficient (Wildman–Crippen LogP) is 4.96. The molecule has 218 valence electrons. The van der Waals surface area contributed by atoms with E-state index < -0.39 is 11.5 Å². The maximum Gasteiger partial charge on any atom is 0.355 e. The van der Waals surface area contributed by atoms with E-state index in [0.717, 1.165) is 24.0 Å². The molecular formula is C33H32FN7O2. The summed E-state index contributed by atoms with van der Waals surface area (Å²) in [5.74, 6) is -0.244. The Bertz CT molecular complexity index is 1910. The van der Waals surface area contributed by atoms with Crippen molar-refractivity contribution in [3.05, 3.63) is 87.9 Å². The maximum atomic E-state index is 15.2. The number of piperidine rings is 2. The molecule has 4 aromatic rings. The fourth-order valence-electron chi connectivity index (χ4n) is 6.42. The third kappa shape index (κ3) is 4.65. The molecule has 3 fully saturated rings. The molecule has 0 saturated carbocycles. The Morgan fingerprint density at radius 1 is 1.14 bits per heavy atom. The number of nitriles is 1. The van der Waals surface area contributed by atoms with Crippen LogP contribution in [-0.2, 0) is 4.79 Å². The lowest BCUT2D eigenvalue weighted by atomic mass is 9.90. The molecule has 0 aliphatic carbocycles. The van der Waals surface area contributed by atoms with Gasteiger partial charge in [-0.2, -0.15) is 10.2 Å². The SMILES string of the molecule is C=CC(=O)N1CC2CCC1CN2c1nc(=O)n(-c2c(C)ccnc2C(C)C)c2nc(-c3cc(C)ccc3F)c(C#N)cc12. The van der Waals surface area contributed by atoms with Gasteiger partial charge in [0.15, 0.2) is 5.65 Å². The van der Waals surface area contributed by atoms with Crippen molar-refractivity contribution >= 4 is 22.8 Å². The molecule has 7 rings (SSSR count). The number of halogens is 1. The van der Waals surface area contributed by atoms with E-state index in [9.17, 15) is 14.9 Å². The molecule has 0 spiro atoms. The largest absolute Gasteiger partial charge is 0.355 e. The first kappa shape index (κ1) is 28.2. The van der Waals surface area contributed by atoms with E-state index in [1.807, 2.05) is 38.7 Å². The van der Waals surface area contributed by atoms with E-state index in [2.05, 4.69) is 27.5 Å². The fourth-order valence-corrected chi connectivity index (χ4v) is 6.42. The van der Waals surface area contributed by atoms with Crippen molar-refractivity contribution in [3.63, 3.8) is 0 Å². The van der Waals surface area contributed by atoms with Crippen LogP contribution in [0.4, 0.5) is 10.2 Å². The third-order valence-corrected chi connectivity index (χ3v) is 8.53. The lowest BCUT2D eigenvalue weighted by Gasteiger charge is -2.51. The summed E-state index contributed by atoms with van der Waals surface area (Å²) in [5, 5.41) is 10.8. The molecule has 0 radical (unpaired) electrons. The van der Waals surface area contributed by atoms with Crippen LogP contribution in [0.3, 0.4) is 0 Å². The number of carbonyl (C=O) groups is 1. The highest BCUT2D eigenvalue weighted by Crippen LogP contribution is 2.38. The molecule has 2 unspecified atom stereocenters. The number of pyridine rings is 2. The zero-order valence-corrected chi connectivity index (χ0v) is 24.6. The van der Waals surface area contributed by atoms with E-state index in [-0.39, 0.29) is 46.4 Å².